The SMILES string of the molecule is Cc1ccc(C)c(NC(=S)N[C@H](C)c2ccccc2Br)c1. The maximum Gasteiger partial charge on any atom is 0.171 e. The Balaban J connectivity index is 2.05. The van der Waals surface area contributed by atoms with E-state index in [2.05, 4.69) is 71.6 Å². The van der Waals surface area contributed by atoms with Gasteiger partial charge in [0.05, 0.1) is 6.04 Å². The molecule has 0 aliphatic carbocycles. The molecule has 21 heavy (non-hydrogen) atoms. The lowest BCUT2D eigenvalue weighted by molar-refractivity contribution is 0.719. The lowest BCUT2D eigenvalue weighted by Crippen LogP contribution is -2.31. The first-order chi connectivity index (χ1) is 9.97. The van der Waals surface area contributed by atoms with E-state index in [1.165, 1.54) is 16.7 Å². The highest BCUT2D eigenvalue weighted by Gasteiger charge is 2.10. The molecule has 0 saturated heterocycles. The van der Waals surface area contributed by atoms with Gasteiger partial charge in [-0.2, -0.15) is 0 Å². The van der Waals surface area contributed by atoms with Crippen LogP contribution in [0.5, 0.6) is 0 Å². The second-order valence-corrected chi connectivity index (χ2v) is 6.42. The standard InChI is InChI=1S/C17H19BrN2S/c1-11-8-9-12(2)16(10-11)20-17(21)19-13(3)14-6-4-5-7-15(14)18/h4-10,13H,1-3H3,(H2,19,20,21)/t13-/m1/s1. The second kappa shape index (κ2) is 7.05. The minimum Gasteiger partial charge on any atom is -0.356 e. The van der Waals surface area contributed by atoms with Crippen LogP contribution in [0.1, 0.15) is 29.7 Å². The van der Waals surface area contributed by atoms with Gasteiger partial charge in [-0.05, 0) is 61.8 Å². The van der Waals surface area contributed by atoms with Gasteiger partial charge in [-0.15, -0.1) is 0 Å². The smallest absolute Gasteiger partial charge is 0.171 e. The Kier molecular flexibility index (Phi) is 5.37. The highest BCUT2D eigenvalue weighted by Crippen LogP contribution is 2.23. The second-order valence-electron chi connectivity index (χ2n) is 5.16. The minimum atomic E-state index is 0.130. The van der Waals surface area contributed by atoms with Crippen molar-refractivity contribution in [1.82, 2.24) is 5.32 Å². The summed E-state index contributed by atoms with van der Waals surface area (Å²) in [6.07, 6.45) is 0. The van der Waals surface area contributed by atoms with Crippen LogP contribution in [-0.2, 0) is 0 Å². The molecule has 0 aliphatic rings. The summed E-state index contributed by atoms with van der Waals surface area (Å²) in [5, 5.41) is 7.23. The molecule has 0 saturated carbocycles. The van der Waals surface area contributed by atoms with Gasteiger partial charge in [0.1, 0.15) is 0 Å². The minimum absolute atomic E-state index is 0.130. The fourth-order valence-corrected chi connectivity index (χ4v) is 3.04. The molecule has 0 spiro atoms. The monoisotopic (exact) mass is 362 g/mol. The Morgan fingerprint density at radius 1 is 1.14 bits per heavy atom. The van der Waals surface area contributed by atoms with Gasteiger partial charge < -0.3 is 10.6 Å². The molecule has 0 aliphatic heterocycles. The summed E-state index contributed by atoms with van der Waals surface area (Å²) >= 11 is 8.99. The molecule has 110 valence electrons. The van der Waals surface area contributed by atoms with E-state index in [0.29, 0.717) is 5.11 Å². The van der Waals surface area contributed by atoms with E-state index < -0.39 is 0 Å². The van der Waals surface area contributed by atoms with E-state index in [1.807, 2.05) is 18.2 Å². The molecule has 0 fully saturated rings. The summed E-state index contributed by atoms with van der Waals surface area (Å²) in [5.74, 6) is 0. The van der Waals surface area contributed by atoms with Crippen LogP contribution in [0, 0.1) is 13.8 Å². The summed E-state index contributed by atoms with van der Waals surface area (Å²) < 4.78 is 1.08. The molecule has 2 N–H and O–H groups in total. The van der Waals surface area contributed by atoms with Gasteiger partial charge >= 0.3 is 0 Å². The van der Waals surface area contributed by atoms with Crippen molar-refractivity contribution < 1.29 is 0 Å². The Morgan fingerprint density at radius 3 is 2.57 bits per heavy atom. The van der Waals surface area contributed by atoms with Gasteiger partial charge in [-0.1, -0.05) is 46.3 Å². The zero-order valence-electron chi connectivity index (χ0n) is 12.4. The Bertz CT molecular complexity index is 655. The molecular weight excluding hydrogens is 344 g/mol. The van der Waals surface area contributed by atoms with Crippen molar-refractivity contribution in [3.8, 4) is 0 Å². The predicted molar refractivity (Wildman–Crippen MR) is 97.8 cm³/mol. The van der Waals surface area contributed by atoms with Crippen molar-refractivity contribution in [2.24, 2.45) is 0 Å². The van der Waals surface area contributed by atoms with Crippen LogP contribution in [0.4, 0.5) is 5.69 Å². The first kappa shape index (κ1) is 16.0. The molecule has 0 heterocycles. The van der Waals surface area contributed by atoms with Crippen LogP contribution in [0.2, 0.25) is 0 Å². The van der Waals surface area contributed by atoms with Gasteiger partial charge in [0.15, 0.2) is 5.11 Å². The quantitative estimate of drug-likeness (QED) is 0.741. The van der Waals surface area contributed by atoms with Crippen molar-refractivity contribution >= 4 is 38.9 Å². The lowest BCUT2D eigenvalue weighted by Gasteiger charge is -2.19. The van der Waals surface area contributed by atoms with Gasteiger partial charge in [0, 0.05) is 10.2 Å². The summed E-state index contributed by atoms with van der Waals surface area (Å²) in [5.41, 5.74) is 4.62. The largest absolute Gasteiger partial charge is 0.356 e. The van der Waals surface area contributed by atoms with E-state index in [-0.39, 0.29) is 6.04 Å². The molecule has 2 aromatic rings. The summed E-state index contributed by atoms with van der Waals surface area (Å²) in [6.45, 7) is 6.24. The summed E-state index contributed by atoms with van der Waals surface area (Å²) in [6, 6.07) is 14.6. The Morgan fingerprint density at radius 2 is 1.86 bits per heavy atom. The van der Waals surface area contributed by atoms with Crippen LogP contribution >= 0.6 is 28.1 Å². The number of benzene rings is 2. The number of rotatable bonds is 3. The van der Waals surface area contributed by atoms with Crippen molar-refractivity contribution in [1.29, 1.82) is 0 Å². The molecule has 0 aromatic heterocycles. The molecule has 2 nitrogen and oxygen atoms in total. The molecule has 0 amide bonds. The molecule has 4 heteroatoms. The highest BCUT2D eigenvalue weighted by atomic mass is 79.9. The third-order valence-corrected chi connectivity index (χ3v) is 4.30. The average Bonchev–Trinajstić information content (AvgIpc) is 2.43. The number of hydrogen-bond acceptors (Lipinski definition) is 1. The molecular formula is C17H19BrN2S. The third kappa shape index (κ3) is 4.29. The molecule has 2 rings (SSSR count). The number of hydrogen-bond donors (Lipinski definition) is 2. The van der Waals surface area contributed by atoms with Gasteiger partial charge in [-0.3, -0.25) is 0 Å². The van der Waals surface area contributed by atoms with E-state index in [0.717, 1.165) is 10.2 Å². The number of halogens is 1. The lowest BCUT2D eigenvalue weighted by atomic mass is 10.1. The van der Waals surface area contributed by atoms with Crippen LogP contribution in [0.3, 0.4) is 0 Å². The molecule has 0 radical (unpaired) electrons. The predicted octanol–water partition coefficient (Wildman–Crippen LogP) is 5.11. The van der Waals surface area contributed by atoms with Crippen molar-refractivity contribution in [3.05, 3.63) is 63.6 Å². The normalized spacial score (nSPS) is 11.8. The molecule has 0 unspecified atom stereocenters. The maximum absolute atomic E-state index is 5.42. The van der Waals surface area contributed by atoms with E-state index in [4.69, 9.17) is 12.2 Å². The maximum atomic E-state index is 5.42. The van der Waals surface area contributed by atoms with Gasteiger partial charge in [0.2, 0.25) is 0 Å². The average molecular weight is 363 g/mol. The van der Waals surface area contributed by atoms with Gasteiger partial charge in [-0.25, -0.2) is 0 Å². The van der Waals surface area contributed by atoms with E-state index >= 15 is 0 Å². The van der Waals surface area contributed by atoms with Crippen LogP contribution < -0.4 is 10.6 Å². The molecule has 2 aromatic carbocycles. The van der Waals surface area contributed by atoms with Crippen LogP contribution in [-0.4, -0.2) is 5.11 Å². The van der Waals surface area contributed by atoms with Crippen molar-refractivity contribution in [2.75, 3.05) is 5.32 Å². The fraction of sp³-hybridized carbons (Fsp3) is 0.235. The summed E-state index contributed by atoms with van der Waals surface area (Å²) in [7, 11) is 0. The highest BCUT2D eigenvalue weighted by molar-refractivity contribution is 9.10. The molecule has 0 bridgehead atoms. The number of aryl methyl sites for hydroxylation is 2. The number of nitrogens with one attached hydrogen (secondary N) is 2. The zero-order valence-corrected chi connectivity index (χ0v) is 14.8. The number of anilines is 1. The van der Waals surface area contributed by atoms with Gasteiger partial charge in [0.25, 0.3) is 0 Å². The fourth-order valence-electron chi connectivity index (χ4n) is 2.13. The Labute approximate surface area is 140 Å². The van der Waals surface area contributed by atoms with Crippen molar-refractivity contribution in [3.63, 3.8) is 0 Å². The third-order valence-electron chi connectivity index (χ3n) is 3.36. The van der Waals surface area contributed by atoms with E-state index in [9.17, 15) is 0 Å². The number of thiocarbonyl (C=S) groups is 1. The zero-order chi connectivity index (χ0) is 15.4. The molecule has 1 atom stereocenters. The van der Waals surface area contributed by atoms with Crippen LogP contribution in [0.25, 0.3) is 0 Å². The Hall–Kier alpha value is -1.39. The first-order valence-corrected chi connectivity index (χ1v) is 8.06. The van der Waals surface area contributed by atoms with E-state index in [1.54, 1.807) is 0 Å². The van der Waals surface area contributed by atoms with Crippen molar-refractivity contribution in [2.45, 2.75) is 26.8 Å². The van der Waals surface area contributed by atoms with Crippen LogP contribution in [0.15, 0.2) is 46.9 Å². The topological polar surface area (TPSA) is 24.1 Å². The first-order valence-electron chi connectivity index (χ1n) is 6.86. The summed E-state index contributed by atoms with van der Waals surface area (Å²) in [4.78, 5) is 0.